The van der Waals surface area contributed by atoms with Crippen LogP contribution in [0, 0.1) is 0 Å². The molecular weight excluding hydrogens is 789 g/mol. The molecule has 0 aromatic carbocycles. The minimum absolute atomic E-state index is 0.0209. The fourth-order valence-electron chi connectivity index (χ4n) is 6.22. The van der Waals surface area contributed by atoms with Crippen molar-refractivity contribution in [3.63, 3.8) is 0 Å². The Bertz CT molecular complexity index is 1410. The highest BCUT2D eigenvalue weighted by Gasteiger charge is 2.17. The maximum absolute atomic E-state index is 12.7. The minimum atomic E-state index is -0.644. The zero-order chi connectivity index (χ0) is 46.3. The van der Waals surface area contributed by atoms with Crippen molar-refractivity contribution in [1.29, 1.82) is 0 Å². The molecule has 5 heteroatoms. The predicted octanol–water partition coefficient (Wildman–Crippen LogP) is 17.3. The Kier molecular flexibility index (Phi) is 49.6. The number of allylic oxidation sites excluding steroid dienone is 22. The van der Waals surface area contributed by atoms with E-state index in [0.717, 1.165) is 83.5 Å². The van der Waals surface area contributed by atoms with Crippen LogP contribution in [0.4, 0.5) is 0 Å². The van der Waals surface area contributed by atoms with Gasteiger partial charge in [-0.25, -0.2) is 0 Å². The second-order valence-electron chi connectivity index (χ2n) is 16.0. The number of rotatable bonds is 44. The summed E-state index contributed by atoms with van der Waals surface area (Å²) in [7, 11) is 0. The summed E-state index contributed by atoms with van der Waals surface area (Å²) >= 11 is 0. The predicted molar refractivity (Wildman–Crippen MR) is 278 cm³/mol. The molecule has 0 amide bonds. The minimum Gasteiger partial charge on any atom is -0.461 e. The number of ether oxygens (including phenoxy) is 3. The van der Waals surface area contributed by atoms with E-state index < -0.39 is 6.10 Å². The number of carbonyl (C=O) groups is 2. The van der Waals surface area contributed by atoms with Crippen molar-refractivity contribution in [1.82, 2.24) is 0 Å². The number of unbranched alkanes of at least 4 members (excludes halogenated alkanes) is 11. The third-order valence-corrected chi connectivity index (χ3v) is 9.91. The van der Waals surface area contributed by atoms with Gasteiger partial charge in [0.2, 0.25) is 0 Å². The molecule has 0 bridgehead atoms. The number of hydrogen-bond donors (Lipinski definition) is 0. The average molecular weight is 881 g/mol. The zero-order valence-electron chi connectivity index (χ0n) is 41.0. The van der Waals surface area contributed by atoms with Crippen LogP contribution in [-0.2, 0) is 23.8 Å². The van der Waals surface area contributed by atoms with E-state index in [-0.39, 0.29) is 38.0 Å². The van der Waals surface area contributed by atoms with E-state index in [1.54, 1.807) is 0 Å². The SMILES string of the molecule is CC/C=C\C/C=C\C/C=C\C/C=C\C/C=C\CC(=O)OCC(COCCCCCCCCCC/C=C\C/C=C\CCCCC)OC(=O)C/C=C\C/C=C\C/C=C\C/C=C\C/C=C\CC. The fraction of sp³-hybridized carbons (Fsp3) is 0.559. The zero-order valence-corrected chi connectivity index (χ0v) is 41.0. The molecule has 0 radical (unpaired) electrons. The number of carbonyl (C=O) groups excluding carboxylic acids is 2. The Labute approximate surface area is 393 Å². The molecule has 358 valence electrons. The molecule has 0 fully saturated rings. The summed E-state index contributed by atoms with van der Waals surface area (Å²) in [4.78, 5) is 25.3. The average Bonchev–Trinajstić information content (AvgIpc) is 3.30. The molecular formula is C59H92O5. The van der Waals surface area contributed by atoms with Gasteiger partial charge in [-0.05, 0) is 103 Å². The number of hydrogen-bond acceptors (Lipinski definition) is 5. The van der Waals surface area contributed by atoms with Crippen LogP contribution in [0.2, 0.25) is 0 Å². The second-order valence-corrected chi connectivity index (χ2v) is 16.0. The van der Waals surface area contributed by atoms with Gasteiger partial charge in [0, 0.05) is 6.61 Å². The van der Waals surface area contributed by atoms with Crippen LogP contribution < -0.4 is 0 Å². The van der Waals surface area contributed by atoms with Gasteiger partial charge in [0.15, 0.2) is 6.10 Å². The van der Waals surface area contributed by atoms with Crippen LogP contribution >= 0.6 is 0 Å². The standard InChI is InChI=1S/C59H92O5/c1-4-7-10-13-16-19-22-25-28-29-30-33-36-39-42-45-48-51-54-62-55-57(64-59(61)53-50-47-44-41-38-35-32-27-24-21-18-15-12-9-6-3)56-63-58(60)52-49-46-43-40-37-34-31-26-23-20-17-14-11-8-5-2/h8-9,11-12,16-21,25-28,31-32,37-38,40-41,46-47,49-50,57H,4-7,10,13-15,22-24,29-30,33-36,39,42-45,48,51-56H2,1-3H3/b11-8-,12-9-,19-16-,20-17-,21-18-,28-25-,31-26-,32-27-,40-37-,41-38-,49-46-,50-47-. The van der Waals surface area contributed by atoms with E-state index in [1.165, 1.54) is 70.6 Å². The van der Waals surface area contributed by atoms with Crippen molar-refractivity contribution in [3.8, 4) is 0 Å². The van der Waals surface area contributed by atoms with Gasteiger partial charge < -0.3 is 14.2 Å². The van der Waals surface area contributed by atoms with E-state index in [2.05, 4.69) is 142 Å². The Hall–Kier alpha value is -4.22. The van der Waals surface area contributed by atoms with Gasteiger partial charge in [0.05, 0.1) is 19.4 Å². The maximum Gasteiger partial charge on any atom is 0.310 e. The van der Waals surface area contributed by atoms with Crippen molar-refractivity contribution < 1.29 is 23.8 Å². The van der Waals surface area contributed by atoms with Gasteiger partial charge in [-0.2, -0.15) is 0 Å². The quantitative estimate of drug-likeness (QED) is 0.0347. The second kappa shape index (κ2) is 53.1. The lowest BCUT2D eigenvalue weighted by atomic mass is 10.1. The van der Waals surface area contributed by atoms with Gasteiger partial charge in [-0.3, -0.25) is 9.59 Å². The smallest absolute Gasteiger partial charge is 0.310 e. The summed E-state index contributed by atoms with van der Waals surface area (Å²) in [5, 5.41) is 0. The molecule has 0 heterocycles. The van der Waals surface area contributed by atoms with Crippen molar-refractivity contribution in [2.24, 2.45) is 0 Å². The van der Waals surface area contributed by atoms with Crippen molar-refractivity contribution in [2.75, 3.05) is 19.8 Å². The molecule has 0 N–H and O–H groups in total. The van der Waals surface area contributed by atoms with Crippen molar-refractivity contribution >= 4 is 11.9 Å². The van der Waals surface area contributed by atoms with E-state index >= 15 is 0 Å². The Morgan fingerprint density at radius 3 is 1.12 bits per heavy atom. The molecule has 0 aliphatic carbocycles. The van der Waals surface area contributed by atoms with Crippen LogP contribution in [0.1, 0.15) is 188 Å². The van der Waals surface area contributed by atoms with Gasteiger partial charge in [-0.1, -0.05) is 218 Å². The first-order valence-electron chi connectivity index (χ1n) is 25.4. The first-order valence-corrected chi connectivity index (χ1v) is 25.4. The van der Waals surface area contributed by atoms with E-state index in [0.29, 0.717) is 6.61 Å². The van der Waals surface area contributed by atoms with Gasteiger partial charge in [0.25, 0.3) is 0 Å². The Balaban J connectivity index is 4.54. The van der Waals surface area contributed by atoms with Gasteiger partial charge in [-0.15, -0.1) is 0 Å². The summed E-state index contributed by atoms with van der Waals surface area (Å²) in [5.74, 6) is -0.706. The molecule has 0 aliphatic heterocycles. The molecule has 0 saturated carbocycles. The monoisotopic (exact) mass is 881 g/mol. The van der Waals surface area contributed by atoms with Crippen LogP contribution in [0.5, 0.6) is 0 Å². The Morgan fingerprint density at radius 1 is 0.359 bits per heavy atom. The summed E-state index contributed by atoms with van der Waals surface area (Å²) in [6, 6.07) is 0. The molecule has 0 aromatic rings. The molecule has 64 heavy (non-hydrogen) atoms. The molecule has 0 saturated heterocycles. The van der Waals surface area contributed by atoms with E-state index in [4.69, 9.17) is 14.2 Å². The highest BCUT2D eigenvalue weighted by atomic mass is 16.6. The summed E-state index contributed by atoms with van der Waals surface area (Å²) < 4.78 is 17.2. The van der Waals surface area contributed by atoms with Crippen LogP contribution in [-0.4, -0.2) is 37.9 Å². The lowest BCUT2D eigenvalue weighted by molar-refractivity contribution is -0.161. The molecule has 1 atom stereocenters. The maximum atomic E-state index is 12.7. The van der Waals surface area contributed by atoms with Crippen LogP contribution in [0.3, 0.4) is 0 Å². The Morgan fingerprint density at radius 2 is 0.703 bits per heavy atom. The molecule has 0 spiro atoms. The van der Waals surface area contributed by atoms with Crippen molar-refractivity contribution in [3.05, 3.63) is 146 Å². The number of esters is 2. The van der Waals surface area contributed by atoms with Crippen LogP contribution in [0.25, 0.3) is 0 Å². The lowest BCUT2D eigenvalue weighted by Gasteiger charge is -2.18. The highest BCUT2D eigenvalue weighted by molar-refractivity contribution is 5.72. The first kappa shape index (κ1) is 59.8. The molecule has 0 rings (SSSR count). The molecule has 0 aliphatic rings. The van der Waals surface area contributed by atoms with Crippen molar-refractivity contribution in [2.45, 2.75) is 194 Å². The molecule has 5 nitrogen and oxygen atoms in total. The van der Waals surface area contributed by atoms with Gasteiger partial charge >= 0.3 is 11.9 Å². The van der Waals surface area contributed by atoms with Crippen LogP contribution in [0.15, 0.2) is 146 Å². The summed E-state index contributed by atoms with van der Waals surface area (Å²) in [6.45, 7) is 7.32. The third-order valence-electron chi connectivity index (χ3n) is 9.91. The highest BCUT2D eigenvalue weighted by Crippen LogP contribution is 2.11. The molecule has 0 aromatic heterocycles. The van der Waals surface area contributed by atoms with E-state index in [1.807, 2.05) is 24.3 Å². The first-order chi connectivity index (χ1) is 31.6. The van der Waals surface area contributed by atoms with Gasteiger partial charge in [0.1, 0.15) is 6.61 Å². The molecule has 1 unspecified atom stereocenters. The summed E-state index contributed by atoms with van der Waals surface area (Å²) in [6.07, 6.45) is 77.6. The van der Waals surface area contributed by atoms with E-state index in [9.17, 15) is 9.59 Å². The topological polar surface area (TPSA) is 61.8 Å². The fourth-order valence-corrected chi connectivity index (χ4v) is 6.22. The lowest BCUT2D eigenvalue weighted by Crippen LogP contribution is -2.29. The normalized spacial score (nSPS) is 13.5. The summed E-state index contributed by atoms with van der Waals surface area (Å²) in [5.41, 5.74) is 0. The third kappa shape index (κ3) is 50.4. The largest absolute Gasteiger partial charge is 0.461 e.